The smallest absolute Gasteiger partial charge is 0.258 e. The molecule has 0 aromatic heterocycles. The van der Waals surface area contributed by atoms with Gasteiger partial charge in [0.1, 0.15) is 5.75 Å². The van der Waals surface area contributed by atoms with E-state index in [0.29, 0.717) is 0 Å². The minimum atomic E-state index is -0.0515. The first-order valence-corrected chi connectivity index (χ1v) is 7.52. The van der Waals surface area contributed by atoms with E-state index in [0.717, 1.165) is 37.2 Å². The number of benzene rings is 1. The second kappa shape index (κ2) is 7.17. The van der Waals surface area contributed by atoms with E-state index < -0.39 is 0 Å². The molecule has 0 radical (unpaired) electrons. The van der Waals surface area contributed by atoms with Crippen LogP contribution in [0.4, 0.5) is 5.69 Å². The quantitative estimate of drug-likeness (QED) is 0.840. The van der Waals surface area contributed by atoms with Gasteiger partial charge >= 0.3 is 0 Å². The van der Waals surface area contributed by atoms with Crippen LogP contribution in [-0.4, -0.2) is 25.1 Å². The minimum absolute atomic E-state index is 0.0515. The molecule has 110 valence electrons. The molecule has 0 bridgehead atoms. The first-order chi connectivity index (χ1) is 9.72. The highest BCUT2D eigenvalue weighted by molar-refractivity contribution is 5.77. The Bertz CT molecular complexity index is 456. The molecule has 0 saturated carbocycles. The summed E-state index contributed by atoms with van der Waals surface area (Å²) in [6.07, 6.45) is 4.18. The third-order valence-electron chi connectivity index (χ3n) is 3.74. The zero-order valence-electron chi connectivity index (χ0n) is 12.4. The van der Waals surface area contributed by atoms with Crippen molar-refractivity contribution in [3.63, 3.8) is 0 Å². The topological polar surface area (TPSA) is 50.4 Å². The number of anilines is 1. The number of fused-ring (bicyclic) bond motifs is 1. The lowest BCUT2D eigenvalue weighted by molar-refractivity contribution is -0.123. The van der Waals surface area contributed by atoms with Crippen LogP contribution in [0.15, 0.2) is 18.2 Å². The number of ether oxygens (including phenoxy) is 1. The summed E-state index contributed by atoms with van der Waals surface area (Å²) in [5, 5.41) is 6.33. The predicted octanol–water partition coefficient (Wildman–Crippen LogP) is 2.73. The van der Waals surface area contributed by atoms with E-state index in [1.54, 1.807) is 0 Å². The van der Waals surface area contributed by atoms with Crippen molar-refractivity contribution in [1.29, 1.82) is 0 Å². The number of rotatable bonds is 6. The summed E-state index contributed by atoms with van der Waals surface area (Å²) in [4.78, 5) is 11.8. The van der Waals surface area contributed by atoms with E-state index in [1.165, 1.54) is 12.0 Å². The number of amides is 1. The fourth-order valence-electron chi connectivity index (χ4n) is 2.44. The number of hydrogen-bond donors (Lipinski definition) is 2. The van der Waals surface area contributed by atoms with Crippen LogP contribution in [0.3, 0.4) is 0 Å². The van der Waals surface area contributed by atoms with Crippen molar-refractivity contribution in [1.82, 2.24) is 5.32 Å². The van der Waals surface area contributed by atoms with Gasteiger partial charge in [-0.3, -0.25) is 4.79 Å². The van der Waals surface area contributed by atoms with E-state index in [9.17, 15) is 4.79 Å². The summed E-state index contributed by atoms with van der Waals surface area (Å²) in [5.74, 6) is 0.697. The second-order valence-corrected chi connectivity index (χ2v) is 5.22. The molecule has 0 saturated heterocycles. The van der Waals surface area contributed by atoms with Gasteiger partial charge in [-0.1, -0.05) is 19.9 Å². The van der Waals surface area contributed by atoms with Gasteiger partial charge < -0.3 is 15.4 Å². The Morgan fingerprint density at radius 2 is 2.20 bits per heavy atom. The summed E-state index contributed by atoms with van der Waals surface area (Å²) >= 11 is 0. The zero-order chi connectivity index (χ0) is 14.4. The zero-order valence-corrected chi connectivity index (χ0v) is 12.4. The van der Waals surface area contributed by atoms with E-state index in [2.05, 4.69) is 30.5 Å². The van der Waals surface area contributed by atoms with E-state index in [4.69, 9.17) is 4.74 Å². The lowest BCUT2D eigenvalue weighted by Gasteiger charge is -2.19. The molecule has 20 heavy (non-hydrogen) atoms. The number of nitrogens with one attached hydrogen (secondary N) is 2. The molecule has 1 aromatic carbocycles. The molecule has 1 aromatic rings. The Morgan fingerprint density at radius 3 is 2.95 bits per heavy atom. The van der Waals surface area contributed by atoms with Crippen molar-refractivity contribution >= 4 is 11.6 Å². The number of carbonyl (C=O) groups excluding carboxylic acids is 1. The van der Waals surface area contributed by atoms with Crippen molar-refractivity contribution in [2.75, 3.05) is 18.5 Å². The van der Waals surface area contributed by atoms with Gasteiger partial charge in [0.25, 0.3) is 5.91 Å². The van der Waals surface area contributed by atoms with Crippen LogP contribution >= 0.6 is 0 Å². The third kappa shape index (κ3) is 3.89. The predicted molar refractivity (Wildman–Crippen MR) is 81.3 cm³/mol. The third-order valence-corrected chi connectivity index (χ3v) is 3.74. The molecular formula is C16H24N2O2. The molecule has 0 unspecified atom stereocenters. The molecule has 0 aliphatic carbocycles. The summed E-state index contributed by atoms with van der Waals surface area (Å²) in [7, 11) is 0. The van der Waals surface area contributed by atoms with Gasteiger partial charge in [-0.25, -0.2) is 0 Å². The molecule has 1 amide bonds. The standard InChI is InChI=1S/C16H24N2O2/c1-3-13(4-2)18-16(19)11-20-14-8-7-12-6-5-9-17-15(12)10-14/h7-8,10,13,17H,3-6,9,11H2,1-2H3,(H,18,19). The SMILES string of the molecule is CCC(CC)NC(=O)COc1ccc2c(c1)NCCC2. The Morgan fingerprint density at radius 1 is 1.40 bits per heavy atom. The highest BCUT2D eigenvalue weighted by Crippen LogP contribution is 2.26. The molecule has 4 heteroatoms. The highest BCUT2D eigenvalue weighted by atomic mass is 16.5. The molecule has 2 rings (SSSR count). The van der Waals surface area contributed by atoms with E-state index in [1.807, 2.05) is 12.1 Å². The second-order valence-electron chi connectivity index (χ2n) is 5.22. The van der Waals surface area contributed by atoms with E-state index in [-0.39, 0.29) is 18.6 Å². The van der Waals surface area contributed by atoms with Crippen LogP contribution in [0.25, 0.3) is 0 Å². The minimum Gasteiger partial charge on any atom is -0.484 e. The molecule has 2 N–H and O–H groups in total. The van der Waals surface area contributed by atoms with Gasteiger partial charge in [-0.15, -0.1) is 0 Å². The average Bonchev–Trinajstić information content (AvgIpc) is 2.50. The van der Waals surface area contributed by atoms with Gasteiger partial charge in [-0.05, 0) is 37.3 Å². The molecule has 1 heterocycles. The largest absolute Gasteiger partial charge is 0.484 e. The Balaban J connectivity index is 1.86. The number of carbonyl (C=O) groups is 1. The fraction of sp³-hybridized carbons (Fsp3) is 0.562. The molecule has 0 atom stereocenters. The molecular weight excluding hydrogens is 252 g/mol. The van der Waals surface area contributed by atoms with Crippen molar-refractivity contribution in [2.24, 2.45) is 0 Å². The van der Waals surface area contributed by atoms with Crippen LogP contribution in [0.2, 0.25) is 0 Å². The maximum atomic E-state index is 11.8. The normalized spacial score (nSPS) is 13.6. The van der Waals surface area contributed by atoms with Gasteiger partial charge in [-0.2, -0.15) is 0 Å². The molecule has 1 aliphatic heterocycles. The fourth-order valence-corrected chi connectivity index (χ4v) is 2.44. The first kappa shape index (κ1) is 14.7. The number of aryl methyl sites for hydroxylation is 1. The molecule has 4 nitrogen and oxygen atoms in total. The highest BCUT2D eigenvalue weighted by Gasteiger charge is 2.11. The monoisotopic (exact) mass is 276 g/mol. The first-order valence-electron chi connectivity index (χ1n) is 7.52. The van der Waals surface area contributed by atoms with Crippen molar-refractivity contribution in [3.05, 3.63) is 23.8 Å². The summed E-state index contributed by atoms with van der Waals surface area (Å²) < 4.78 is 5.57. The van der Waals surface area contributed by atoms with Gasteiger partial charge in [0, 0.05) is 24.3 Å². The van der Waals surface area contributed by atoms with Crippen molar-refractivity contribution in [2.45, 2.75) is 45.6 Å². The van der Waals surface area contributed by atoms with Gasteiger partial charge in [0.05, 0.1) is 0 Å². The Kier molecular flexibility index (Phi) is 5.27. The van der Waals surface area contributed by atoms with Crippen molar-refractivity contribution in [3.8, 4) is 5.75 Å². The van der Waals surface area contributed by atoms with Crippen LogP contribution < -0.4 is 15.4 Å². The van der Waals surface area contributed by atoms with Crippen LogP contribution in [0.1, 0.15) is 38.7 Å². The van der Waals surface area contributed by atoms with Crippen LogP contribution in [-0.2, 0) is 11.2 Å². The summed E-state index contributed by atoms with van der Waals surface area (Å²) in [6.45, 7) is 5.23. The Labute approximate surface area is 120 Å². The molecule has 0 spiro atoms. The number of hydrogen-bond acceptors (Lipinski definition) is 3. The maximum Gasteiger partial charge on any atom is 0.258 e. The van der Waals surface area contributed by atoms with Gasteiger partial charge in [0.2, 0.25) is 0 Å². The van der Waals surface area contributed by atoms with Crippen LogP contribution in [0, 0.1) is 0 Å². The lowest BCUT2D eigenvalue weighted by atomic mass is 10.0. The Hall–Kier alpha value is -1.71. The summed E-state index contributed by atoms with van der Waals surface area (Å²) in [6, 6.07) is 6.25. The molecule has 0 fully saturated rings. The average molecular weight is 276 g/mol. The van der Waals surface area contributed by atoms with E-state index >= 15 is 0 Å². The van der Waals surface area contributed by atoms with Gasteiger partial charge in [0.15, 0.2) is 6.61 Å². The van der Waals surface area contributed by atoms with Crippen molar-refractivity contribution < 1.29 is 9.53 Å². The summed E-state index contributed by atoms with van der Waals surface area (Å²) in [5.41, 5.74) is 2.46. The molecule has 1 aliphatic rings. The maximum absolute atomic E-state index is 11.8. The lowest BCUT2D eigenvalue weighted by Crippen LogP contribution is -2.37. The van der Waals surface area contributed by atoms with Crippen LogP contribution in [0.5, 0.6) is 5.75 Å².